The molecule has 2 aromatic rings. The molecule has 1 aromatic carbocycles. The normalized spacial score (nSPS) is 12.0. The first kappa shape index (κ1) is 15.5. The molecule has 6 nitrogen and oxygen atoms in total. The largest absolute Gasteiger partial charge is 0.463 e. The van der Waals surface area contributed by atoms with Gasteiger partial charge in [-0.3, -0.25) is 0 Å². The highest BCUT2D eigenvalue weighted by Gasteiger charge is 2.10. The second-order valence-electron chi connectivity index (χ2n) is 4.37. The molecule has 2 N–H and O–H groups in total. The van der Waals surface area contributed by atoms with Crippen LogP contribution >= 0.6 is 11.6 Å². The third kappa shape index (κ3) is 4.84. The van der Waals surface area contributed by atoms with E-state index >= 15 is 0 Å². The van der Waals surface area contributed by atoms with Gasteiger partial charge in [0, 0.05) is 6.54 Å². The molecule has 2 rings (SSSR count). The molecule has 0 aliphatic carbocycles. The lowest BCUT2D eigenvalue weighted by Gasteiger charge is -2.12. The van der Waals surface area contributed by atoms with Crippen molar-refractivity contribution in [3.63, 3.8) is 0 Å². The van der Waals surface area contributed by atoms with Crippen LogP contribution in [-0.4, -0.2) is 33.2 Å². The number of ether oxygens (including phenoxy) is 1. The number of aliphatic hydroxyl groups is 1. The molecule has 0 spiro atoms. The number of anilines is 1. The molecule has 112 valence electrons. The summed E-state index contributed by atoms with van der Waals surface area (Å²) in [6.45, 7) is 2.75. The van der Waals surface area contributed by atoms with Crippen LogP contribution in [0.15, 0.2) is 30.3 Å². The van der Waals surface area contributed by atoms with E-state index in [1.807, 2.05) is 37.3 Å². The summed E-state index contributed by atoms with van der Waals surface area (Å²) in [4.78, 5) is 11.9. The lowest BCUT2D eigenvalue weighted by Crippen LogP contribution is -2.14. The van der Waals surface area contributed by atoms with E-state index in [-0.39, 0.29) is 23.8 Å². The van der Waals surface area contributed by atoms with E-state index in [0.717, 1.165) is 12.0 Å². The van der Waals surface area contributed by atoms with Gasteiger partial charge in [-0.05, 0) is 23.6 Å². The van der Waals surface area contributed by atoms with Gasteiger partial charge in [-0.1, -0.05) is 37.3 Å². The van der Waals surface area contributed by atoms with Gasteiger partial charge in [0.25, 0.3) is 0 Å². The van der Waals surface area contributed by atoms with Crippen LogP contribution in [0.25, 0.3) is 0 Å². The number of aromatic nitrogens is 3. The zero-order chi connectivity index (χ0) is 15.1. The highest BCUT2D eigenvalue weighted by molar-refractivity contribution is 6.28. The maximum Gasteiger partial charge on any atom is 0.322 e. The van der Waals surface area contributed by atoms with E-state index in [1.54, 1.807) is 0 Å². The van der Waals surface area contributed by atoms with E-state index in [2.05, 4.69) is 20.3 Å². The fourth-order valence-corrected chi connectivity index (χ4v) is 1.80. The average molecular weight is 309 g/mol. The number of aliphatic hydroxyl groups excluding tert-OH is 1. The first-order chi connectivity index (χ1) is 10.2. The predicted octanol–water partition coefficient (Wildman–Crippen LogP) is 2.46. The van der Waals surface area contributed by atoms with Crippen LogP contribution in [-0.2, 0) is 0 Å². The minimum Gasteiger partial charge on any atom is -0.463 e. The van der Waals surface area contributed by atoms with E-state index in [9.17, 15) is 5.11 Å². The molecule has 1 heterocycles. The molecule has 0 amide bonds. The molecule has 1 atom stereocenters. The van der Waals surface area contributed by atoms with Gasteiger partial charge in [-0.2, -0.15) is 15.0 Å². The highest BCUT2D eigenvalue weighted by Crippen LogP contribution is 2.15. The van der Waals surface area contributed by atoms with Gasteiger partial charge in [-0.15, -0.1) is 0 Å². The summed E-state index contributed by atoms with van der Waals surface area (Å²) in [5.74, 6) is 0.274. The molecule has 21 heavy (non-hydrogen) atoms. The average Bonchev–Trinajstić information content (AvgIpc) is 2.51. The van der Waals surface area contributed by atoms with Crippen LogP contribution in [0.4, 0.5) is 5.95 Å². The van der Waals surface area contributed by atoms with Gasteiger partial charge < -0.3 is 15.2 Å². The second-order valence-corrected chi connectivity index (χ2v) is 4.70. The number of benzene rings is 1. The number of nitrogens with one attached hydrogen (secondary N) is 1. The Morgan fingerprint density at radius 1 is 1.24 bits per heavy atom. The smallest absolute Gasteiger partial charge is 0.322 e. The molecule has 1 unspecified atom stereocenters. The maximum atomic E-state index is 10.1. The van der Waals surface area contributed by atoms with Crippen molar-refractivity contribution in [2.75, 3.05) is 18.5 Å². The van der Waals surface area contributed by atoms with Crippen LogP contribution in [0.1, 0.15) is 25.0 Å². The standard InChI is InChI=1S/C14H17ClN4O2/c1-2-8-21-14-18-12(15)17-13(19-14)16-9-11(20)10-6-4-3-5-7-10/h3-7,11,20H,2,8-9H2,1H3,(H,16,17,18,19). The molecule has 0 fully saturated rings. The van der Waals surface area contributed by atoms with Crippen molar-refractivity contribution in [3.05, 3.63) is 41.2 Å². The SMILES string of the molecule is CCCOc1nc(Cl)nc(NCC(O)c2ccccc2)n1. The minimum atomic E-state index is -0.665. The molecule has 0 saturated heterocycles. The van der Waals surface area contributed by atoms with Crippen molar-refractivity contribution in [3.8, 4) is 6.01 Å². The van der Waals surface area contributed by atoms with Gasteiger partial charge in [0.05, 0.1) is 12.7 Å². The molecule has 0 bridgehead atoms. The van der Waals surface area contributed by atoms with Gasteiger partial charge in [-0.25, -0.2) is 0 Å². The monoisotopic (exact) mass is 308 g/mol. The first-order valence-corrected chi connectivity index (χ1v) is 7.08. The fraction of sp³-hybridized carbons (Fsp3) is 0.357. The van der Waals surface area contributed by atoms with Crippen LogP contribution in [0.2, 0.25) is 5.28 Å². The number of hydrogen-bond donors (Lipinski definition) is 2. The molecular weight excluding hydrogens is 292 g/mol. The van der Waals surface area contributed by atoms with Gasteiger partial charge in [0.2, 0.25) is 11.2 Å². The summed E-state index contributed by atoms with van der Waals surface area (Å²) >= 11 is 5.82. The lowest BCUT2D eigenvalue weighted by molar-refractivity contribution is 0.191. The maximum absolute atomic E-state index is 10.1. The topological polar surface area (TPSA) is 80.2 Å². The molecular formula is C14H17ClN4O2. The van der Waals surface area contributed by atoms with Gasteiger partial charge in [0.1, 0.15) is 0 Å². The predicted molar refractivity (Wildman–Crippen MR) is 80.5 cm³/mol. The van der Waals surface area contributed by atoms with Crippen molar-refractivity contribution in [1.82, 2.24) is 15.0 Å². The molecule has 0 aliphatic heterocycles. The van der Waals surface area contributed by atoms with Crippen molar-refractivity contribution in [2.45, 2.75) is 19.4 Å². The Balaban J connectivity index is 1.97. The summed E-state index contributed by atoms with van der Waals surface area (Å²) in [6, 6.07) is 9.51. The van der Waals surface area contributed by atoms with Crippen molar-refractivity contribution in [2.24, 2.45) is 0 Å². The Morgan fingerprint density at radius 3 is 2.71 bits per heavy atom. The van der Waals surface area contributed by atoms with Crippen LogP contribution in [0.3, 0.4) is 0 Å². The van der Waals surface area contributed by atoms with Gasteiger partial charge in [0.15, 0.2) is 0 Å². The van der Waals surface area contributed by atoms with E-state index in [4.69, 9.17) is 16.3 Å². The number of nitrogens with zero attached hydrogens (tertiary/aromatic N) is 3. The van der Waals surface area contributed by atoms with E-state index < -0.39 is 6.10 Å². The fourth-order valence-electron chi connectivity index (χ4n) is 1.65. The lowest BCUT2D eigenvalue weighted by atomic mass is 10.1. The Labute approximate surface area is 128 Å². The van der Waals surface area contributed by atoms with Crippen molar-refractivity contribution < 1.29 is 9.84 Å². The highest BCUT2D eigenvalue weighted by atomic mass is 35.5. The Hall–Kier alpha value is -1.92. The summed E-state index contributed by atoms with van der Waals surface area (Å²) < 4.78 is 5.32. The molecule has 0 radical (unpaired) electrons. The zero-order valence-corrected chi connectivity index (χ0v) is 12.4. The summed E-state index contributed by atoms with van der Waals surface area (Å²) in [5, 5.41) is 13.0. The minimum absolute atomic E-state index is 0.0489. The molecule has 1 aromatic heterocycles. The number of rotatable bonds is 7. The van der Waals surface area contributed by atoms with Crippen LogP contribution in [0, 0.1) is 0 Å². The first-order valence-electron chi connectivity index (χ1n) is 6.70. The van der Waals surface area contributed by atoms with Crippen LogP contribution in [0.5, 0.6) is 6.01 Å². The Kier molecular flexibility index (Phi) is 5.71. The van der Waals surface area contributed by atoms with Crippen LogP contribution < -0.4 is 10.1 Å². The molecule has 0 aliphatic rings. The van der Waals surface area contributed by atoms with Crippen molar-refractivity contribution >= 4 is 17.5 Å². The van der Waals surface area contributed by atoms with Gasteiger partial charge >= 0.3 is 6.01 Å². The van der Waals surface area contributed by atoms with E-state index in [1.165, 1.54) is 0 Å². The zero-order valence-electron chi connectivity index (χ0n) is 11.7. The summed E-state index contributed by atoms with van der Waals surface area (Å²) in [6.07, 6.45) is 0.181. The third-order valence-corrected chi connectivity index (χ3v) is 2.83. The van der Waals surface area contributed by atoms with Crippen molar-refractivity contribution in [1.29, 1.82) is 0 Å². The number of halogens is 1. The van der Waals surface area contributed by atoms with E-state index in [0.29, 0.717) is 6.61 Å². The summed E-state index contributed by atoms with van der Waals surface area (Å²) in [7, 11) is 0. The Morgan fingerprint density at radius 2 is 2.00 bits per heavy atom. The number of hydrogen-bond acceptors (Lipinski definition) is 6. The second kappa shape index (κ2) is 7.75. The molecule has 7 heteroatoms. The molecule has 0 saturated carbocycles. The quantitative estimate of drug-likeness (QED) is 0.818. The Bertz CT molecular complexity index is 568. The third-order valence-electron chi connectivity index (χ3n) is 2.66. The summed E-state index contributed by atoms with van der Waals surface area (Å²) in [5.41, 5.74) is 0.813.